The lowest BCUT2D eigenvalue weighted by molar-refractivity contribution is -0.150. The van der Waals surface area contributed by atoms with Crippen LogP contribution in [0.2, 0.25) is 0 Å². The highest BCUT2D eigenvalue weighted by Gasteiger charge is 2.42. The Bertz CT molecular complexity index is 1020. The van der Waals surface area contributed by atoms with Gasteiger partial charge >= 0.3 is 5.97 Å². The third-order valence-electron chi connectivity index (χ3n) is 7.82. The average molecular weight is 516 g/mol. The minimum absolute atomic E-state index is 0.139. The van der Waals surface area contributed by atoms with Gasteiger partial charge in [-0.15, -0.1) is 0 Å². The highest BCUT2D eigenvalue weighted by atomic mass is 32.1. The third kappa shape index (κ3) is 6.33. The van der Waals surface area contributed by atoms with Crippen molar-refractivity contribution in [1.29, 1.82) is 0 Å². The molecule has 0 aromatic heterocycles. The van der Waals surface area contributed by atoms with Gasteiger partial charge in [-0.1, -0.05) is 97.3 Å². The van der Waals surface area contributed by atoms with Gasteiger partial charge in [0.2, 0.25) is 11.8 Å². The molecule has 0 bridgehead atoms. The molecule has 1 aromatic rings. The van der Waals surface area contributed by atoms with Crippen LogP contribution in [0.15, 0.2) is 30.3 Å². The van der Waals surface area contributed by atoms with E-state index in [2.05, 4.69) is 29.8 Å². The van der Waals surface area contributed by atoms with Crippen molar-refractivity contribution in [3.05, 3.63) is 41.5 Å². The second-order valence-corrected chi connectivity index (χ2v) is 10.6. The van der Waals surface area contributed by atoms with Gasteiger partial charge in [0.15, 0.2) is 0 Å². The van der Waals surface area contributed by atoms with Crippen LogP contribution in [0.5, 0.6) is 0 Å². The lowest BCUT2D eigenvalue weighted by atomic mass is 9.82. The molecule has 1 aromatic carbocycles. The van der Waals surface area contributed by atoms with E-state index in [0.29, 0.717) is 17.8 Å². The zero-order valence-corrected chi connectivity index (χ0v) is 23.3. The largest absolute Gasteiger partial charge is 0.480 e. The van der Waals surface area contributed by atoms with Crippen molar-refractivity contribution < 1.29 is 19.5 Å². The molecule has 36 heavy (non-hydrogen) atoms. The predicted molar refractivity (Wildman–Crippen MR) is 148 cm³/mol. The monoisotopic (exact) mass is 515 g/mol. The number of carboxylic acid groups (broad SMARTS) is 1. The van der Waals surface area contributed by atoms with Crippen LogP contribution in [0.3, 0.4) is 0 Å². The Morgan fingerprint density at radius 3 is 2.22 bits per heavy atom. The summed E-state index contributed by atoms with van der Waals surface area (Å²) in [6.07, 6.45) is 3.66. The maximum Gasteiger partial charge on any atom is 0.329 e. The van der Waals surface area contributed by atoms with E-state index in [1.165, 1.54) is 6.92 Å². The van der Waals surface area contributed by atoms with E-state index in [0.717, 1.165) is 23.1 Å². The zero-order valence-electron chi connectivity index (χ0n) is 22.5. The van der Waals surface area contributed by atoms with Crippen molar-refractivity contribution in [1.82, 2.24) is 16.0 Å². The van der Waals surface area contributed by atoms with Gasteiger partial charge in [-0.05, 0) is 35.8 Å². The van der Waals surface area contributed by atoms with Gasteiger partial charge in [-0.2, -0.15) is 0 Å². The van der Waals surface area contributed by atoms with Crippen LogP contribution in [-0.4, -0.2) is 45.5 Å². The van der Waals surface area contributed by atoms with Crippen molar-refractivity contribution >= 4 is 40.6 Å². The summed E-state index contributed by atoms with van der Waals surface area (Å²) in [6, 6.07) is 6.70. The lowest BCUT2D eigenvalue weighted by Gasteiger charge is -2.35. The molecule has 198 valence electrons. The number of amides is 2. The van der Waals surface area contributed by atoms with Crippen LogP contribution in [0, 0.1) is 17.8 Å². The number of carboxylic acids is 1. The van der Waals surface area contributed by atoms with E-state index in [1.807, 2.05) is 45.0 Å². The number of fused-ring (bicyclic) bond motifs is 1. The summed E-state index contributed by atoms with van der Waals surface area (Å²) in [5.41, 5.74) is 1.16. The van der Waals surface area contributed by atoms with Crippen LogP contribution >= 0.6 is 12.2 Å². The van der Waals surface area contributed by atoms with E-state index >= 15 is 0 Å². The van der Waals surface area contributed by atoms with Crippen molar-refractivity contribution in [3.63, 3.8) is 0 Å². The average Bonchev–Trinajstić information content (AvgIpc) is 2.86. The Morgan fingerprint density at radius 1 is 1.08 bits per heavy atom. The standard InChI is InChI=1S/C28H41N3O4S/c1-8-16(4)23-21(19-13-11-12-14-20(19)26(36)30-23)15-22(32)29-24(17(5)9-2)25(33)31-28(7,27(34)35)18(6)10-3/h11-18,23-24H,8-10H2,1-7H3,(H,29,32)(H,30,36)(H,31,33)(H,34,35)/t16-,17-,18-,23-,24-,28-/m0/s1. The SMILES string of the molecule is CC[C@H](C)[C@H](NC(=O)C=C1c2ccccc2C(=S)N[C@H]1[C@@H](C)CC)C(=O)N[C@](C)(C(=O)O)[C@@H](C)CC. The highest BCUT2D eigenvalue weighted by molar-refractivity contribution is 7.80. The molecule has 1 aliphatic heterocycles. The van der Waals surface area contributed by atoms with Gasteiger partial charge < -0.3 is 21.1 Å². The van der Waals surface area contributed by atoms with Gasteiger partial charge in [0, 0.05) is 11.6 Å². The number of carbonyl (C=O) groups excluding carboxylic acids is 2. The molecule has 0 unspecified atom stereocenters. The molecule has 8 heteroatoms. The Morgan fingerprint density at radius 2 is 1.69 bits per heavy atom. The first-order valence-electron chi connectivity index (χ1n) is 12.9. The summed E-state index contributed by atoms with van der Waals surface area (Å²) in [5.74, 6) is -2.27. The van der Waals surface area contributed by atoms with Crippen molar-refractivity contribution in [2.75, 3.05) is 0 Å². The van der Waals surface area contributed by atoms with Crippen molar-refractivity contribution in [2.45, 2.75) is 85.4 Å². The maximum atomic E-state index is 13.3. The Labute approximate surface area is 220 Å². The van der Waals surface area contributed by atoms with Gasteiger partial charge in [0.1, 0.15) is 16.6 Å². The molecule has 0 saturated carbocycles. The quantitative estimate of drug-likeness (QED) is 0.259. The molecule has 1 heterocycles. The van der Waals surface area contributed by atoms with E-state index in [-0.39, 0.29) is 23.8 Å². The Kier molecular flexibility index (Phi) is 10.2. The van der Waals surface area contributed by atoms with E-state index in [9.17, 15) is 19.5 Å². The van der Waals surface area contributed by atoms with Crippen molar-refractivity contribution in [2.24, 2.45) is 17.8 Å². The number of carbonyl (C=O) groups is 3. The molecule has 0 radical (unpaired) electrons. The number of benzene rings is 1. The summed E-state index contributed by atoms with van der Waals surface area (Å²) in [4.78, 5) is 39.4. The number of aliphatic carboxylic acids is 1. The van der Waals surface area contributed by atoms with E-state index in [1.54, 1.807) is 13.0 Å². The number of nitrogens with one attached hydrogen (secondary N) is 3. The minimum atomic E-state index is -1.44. The summed E-state index contributed by atoms with van der Waals surface area (Å²) in [6.45, 7) is 13.2. The Balaban J connectivity index is 2.41. The van der Waals surface area contributed by atoms with Crippen LogP contribution in [0.25, 0.3) is 5.57 Å². The second kappa shape index (κ2) is 12.5. The van der Waals surface area contributed by atoms with Gasteiger partial charge in [0.25, 0.3) is 0 Å². The maximum absolute atomic E-state index is 13.3. The lowest BCUT2D eigenvalue weighted by Crippen LogP contribution is -2.61. The first kappa shape index (κ1) is 29.5. The van der Waals surface area contributed by atoms with Gasteiger partial charge in [-0.25, -0.2) is 4.79 Å². The van der Waals surface area contributed by atoms with Gasteiger partial charge in [0.05, 0.1) is 6.04 Å². The first-order valence-corrected chi connectivity index (χ1v) is 13.3. The third-order valence-corrected chi connectivity index (χ3v) is 8.16. The molecule has 0 fully saturated rings. The number of thiocarbonyl (C=S) groups is 1. The van der Waals surface area contributed by atoms with Crippen molar-refractivity contribution in [3.8, 4) is 0 Å². The van der Waals surface area contributed by atoms with Gasteiger partial charge in [-0.3, -0.25) is 9.59 Å². The second-order valence-electron chi connectivity index (χ2n) is 10.2. The number of hydrogen-bond donors (Lipinski definition) is 4. The number of hydrogen-bond acceptors (Lipinski definition) is 4. The molecular weight excluding hydrogens is 474 g/mol. The molecular formula is C28H41N3O4S. The van der Waals surface area contributed by atoms with Crippen LogP contribution in [0.1, 0.15) is 78.9 Å². The fourth-order valence-corrected chi connectivity index (χ4v) is 4.72. The van der Waals surface area contributed by atoms with Crippen LogP contribution in [0.4, 0.5) is 0 Å². The molecule has 2 rings (SSSR count). The van der Waals surface area contributed by atoms with Crippen LogP contribution in [-0.2, 0) is 14.4 Å². The highest BCUT2D eigenvalue weighted by Crippen LogP contribution is 2.32. The summed E-state index contributed by atoms with van der Waals surface area (Å²) >= 11 is 5.59. The normalized spacial score (nSPS) is 21.2. The fraction of sp³-hybridized carbons (Fsp3) is 0.571. The van der Waals surface area contributed by atoms with E-state index < -0.39 is 29.4 Å². The molecule has 4 N–H and O–H groups in total. The Hall–Kier alpha value is -2.74. The van der Waals surface area contributed by atoms with Crippen LogP contribution < -0.4 is 16.0 Å². The summed E-state index contributed by atoms with van der Waals surface area (Å²) in [5, 5.41) is 18.8. The summed E-state index contributed by atoms with van der Waals surface area (Å²) in [7, 11) is 0. The topological polar surface area (TPSA) is 108 Å². The smallest absolute Gasteiger partial charge is 0.329 e. The molecule has 7 nitrogen and oxygen atoms in total. The first-order chi connectivity index (χ1) is 16.9. The fourth-order valence-electron chi connectivity index (χ4n) is 4.42. The number of rotatable bonds is 11. The molecule has 0 spiro atoms. The predicted octanol–water partition coefficient (Wildman–Crippen LogP) is 4.30. The zero-order chi connectivity index (χ0) is 27.2. The minimum Gasteiger partial charge on any atom is -0.480 e. The molecule has 0 aliphatic carbocycles. The molecule has 1 aliphatic rings. The van der Waals surface area contributed by atoms with E-state index in [4.69, 9.17) is 12.2 Å². The molecule has 6 atom stereocenters. The summed E-state index contributed by atoms with van der Waals surface area (Å²) < 4.78 is 0. The molecule has 2 amide bonds. The molecule has 0 saturated heterocycles.